The van der Waals surface area contributed by atoms with E-state index in [4.69, 9.17) is 0 Å². The van der Waals surface area contributed by atoms with Gasteiger partial charge in [0.25, 0.3) is 0 Å². The highest BCUT2D eigenvalue weighted by Gasteiger charge is 2.20. The van der Waals surface area contributed by atoms with E-state index in [1.165, 1.54) is 16.4 Å². The number of nitrogens with zero attached hydrogens (tertiary/aromatic N) is 2. The summed E-state index contributed by atoms with van der Waals surface area (Å²) in [6, 6.07) is 3.98. The van der Waals surface area contributed by atoms with E-state index in [0.29, 0.717) is 13.1 Å². The number of hydrogen-bond acceptors (Lipinski definition) is 3. The van der Waals surface area contributed by atoms with E-state index in [1.807, 2.05) is 13.8 Å². The number of halogens is 1. The van der Waals surface area contributed by atoms with Crippen molar-refractivity contribution in [3.8, 4) is 0 Å². The minimum atomic E-state index is -3.66. The first-order chi connectivity index (χ1) is 8.49. The predicted octanol–water partition coefficient (Wildman–Crippen LogP) is 2.00. The van der Waals surface area contributed by atoms with E-state index in [2.05, 4.69) is 9.71 Å². The highest BCUT2D eigenvalue weighted by atomic mass is 32.2. The quantitative estimate of drug-likeness (QED) is 0.774. The SMILES string of the molecule is CCCN(CCC)S(=O)(=O)Nc1cccc(F)n1. The van der Waals surface area contributed by atoms with E-state index >= 15 is 0 Å². The molecule has 1 rings (SSSR count). The fraction of sp³-hybridized carbons (Fsp3) is 0.545. The maximum absolute atomic E-state index is 12.9. The lowest BCUT2D eigenvalue weighted by molar-refractivity contribution is 0.413. The van der Waals surface area contributed by atoms with E-state index in [-0.39, 0.29) is 5.82 Å². The molecule has 0 aromatic carbocycles. The normalized spacial score (nSPS) is 11.8. The zero-order valence-corrected chi connectivity index (χ0v) is 11.4. The third-order valence-corrected chi connectivity index (χ3v) is 3.75. The van der Waals surface area contributed by atoms with Crippen LogP contribution < -0.4 is 4.72 Å². The van der Waals surface area contributed by atoms with Crippen LogP contribution in [0.15, 0.2) is 18.2 Å². The standard InChI is InChI=1S/C11H18FN3O2S/c1-3-8-15(9-4-2)18(16,17)14-11-7-5-6-10(12)13-11/h5-7H,3-4,8-9H2,1-2H3,(H,13,14). The summed E-state index contributed by atoms with van der Waals surface area (Å²) in [7, 11) is -3.66. The molecule has 0 aliphatic carbocycles. The maximum Gasteiger partial charge on any atom is 0.302 e. The summed E-state index contributed by atoms with van der Waals surface area (Å²) < 4.78 is 40.6. The zero-order valence-electron chi connectivity index (χ0n) is 10.6. The Morgan fingerprint density at radius 1 is 1.28 bits per heavy atom. The van der Waals surface area contributed by atoms with Gasteiger partial charge in [-0.3, -0.25) is 4.72 Å². The van der Waals surface area contributed by atoms with Gasteiger partial charge >= 0.3 is 10.2 Å². The number of pyridine rings is 1. The average Bonchev–Trinajstić information content (AvgIpc) is 2.28. The van der Waals surface area contributed by atoms with Gasteiger partial charge in [-0.05, 0) is 25.0 Å². The lowest BCUT2D eigenvalue weighted by Crippen LogP contribution is -2.37. The highest BCUT2D eigenvalue weighted by Crippen LogP contribution is 2.10. The molecule has 0 aliphatic heterocycles. The van der Waals surface area contributed by atoms with Crippen molar-refractivity contribution in [2.75, 3.05) is 17.8 Å². The summed E-state index contributed by atoms with van der Waals surface area (Å²) >= 11 is 0. The molecule has 0 saturated heterocycles. The van der Waals surface area contributed by atoms with Crippen LogP contribution >= 0.6 is 0 Å². The van der Waals surface area contributed by atoms with Gasteiger partial charge in [-0.1, -0.05) is 19.9 Å². The lowest BCUT2D eigenvalue weighted by Gasteiger charge is -2.21. The van der Waals surface area contributed by atoms with Crippen molar-refractivity contribution in [2.45, 2.75) is 26.7 Å². The van der Waals surface area contributed by atoms with Crippen molar-refractivity contribution in [3.05, 3.63) is 24.1 Å². The third kappa shape index (κ3) is 4.23. The zero-order chi connectivity index (χ0) is 13.6. The van der Waals surface area contributed by atoms with Crippen LogP contribution in [0.3, 0.4) is 0 Å². The fourth-order valence-electron chi connectivity index (χ4n) is 1.51. The van der Waals surface area contributed by atoms with Crippen molar-refractivity contribution in [1.29, 1.82) is 0 Å². The topological polar surface area (TPSA) is 62.3 Å². The number of rotatable bonds is 7. The third-order valence-electron chi connectivity index (χ3n) is 2.23. The Bertz CT molecular complexity index is 473. The first-order valence-electron chi connectivity index (χ1n) is 5.90. The number of hydrogen-bond donors (Lipinski definition) is 1. The molecule has 0 aliphatic rings. The molecule has 0 saturated carbocycles. The van der Waals surface area contributed by atoms with Crippen LogP contribution in [0.4, 0.5) is 10.2 Å². The van der Waals surface area contributed by atoms with Crippen molar-refractivity contribution >= 4 is 16.0 Å². The van der Waals surface area contributed by atoms with E-state index < -0.39 is 16.2 Å². The molecule has 0 atom stereocenters. The van der Waals surface area contributed by atoms with Gasteiger partial charge in [0.2, 0.25) is 5.95 Å². The van der Waals surface area contributed by atoms with Crippen molar-refractivity contribution in [1.82, 2.24) is 9.29 Å². The molecule has 0 fully saturated rings. The van der Waals surface area contributed by atoms with Gasteiger partial charge < -0.3 is 0 Å². The first-order valence-corrected chi connectivity index (χ1v) is 7.34. The predicted molar refractivity (Wildman–Crippen MR) is 68.9 cm³/mol. The molecule has 0 radical (unpaired) electrons. The summed E-state index contributed by atoms with van der Waals surface area (Å²) in [5.74, 6) is -0.722. The van der Waals surface area contributed by atoms with Crippen LogP contribution in [-0.4, -0.2) is 30.8 Å². The van der Waals surface area contributed by atoms with Crippen LogP contribution in [0.25, 0.3) is 0 Å². The molecule has 5 nitrogen and oxygen atoms in total. The molecular formula is C11H18FN3O2S. The number of aromatic nitrogens is 1. The van der Waals surface area contributed by atoms with Gasteiger partial charge in [0.05, 0.1) is 0 Å². The molecular weight excluding hydrogens is 257 g/mol. The molecule has 0 spiro atoms. The van der Waals surface area contributed by atoms with Gasteiger partial charge in [-0.25, -0.2) is 4.98 Å². The summed E-state index contributed by atoms with van der Waals surface area (Å²) in [4.78, 5) is 3.48. The second kappa shape index (κ2) is 6.65. The fourth-order valence-corrected chi connectivity index (χ4v) is 2.87. The van der Waals surface area contributed by atoms with Gasteiger partial charge in [-0.2, -0.15) is 17.1 Å². The summed E-state index contributed by atoms with van der Waals surface area (Å²) in [6.45, 7) is 4.66. The van der Waals surface area contributed by atoms with Crippen molar-refractivity contribution in [3.63, 3.8) is 0 Å². The molecule has 0 unspecified atom stereocenters. The Balaban J connectivity index is 2.85. The lowest BCUT2D eigenvalue weighted by atomic mass is 10.4. The van der Waals surface area contributed by atoms with Crippen molar-refractivity contribution < 1.29 is 12.8 Å². The molecule has 7 heteroatoms. The number of nitrogens with one attached hydrogen (secondary N) is 1. The minimum Gasteiger partial charge on any atom is -0.254 e. The molecule has 18 heavy (non-hydrogen) atoms. The Labute approximate surface area is 107 Å². The van der Waals surface area contributed by atoms with Gasteiger partial charge in [0, 0.05) is 13.1 Å². The second-order valence-electron chi connectivity index (χ2n) is 3.85. The van der Waals surface area contributed by atoms with Gasteiger partial charge in [0.15, 0.2) is 0 Å². The van der Waals surface area contributed by atoms with Gasteiger partial charge in [-0.15, -0.1) is 0 Å². The summed E-state index contributed by atoms with van der Waals surface area (Å²) in [5, 5.41) is 0. The highest BCUT2D eigenvalue weighted by molar-refractivity contribution is 7.90. The van der Waals surface area contributed by atoms with E-state index in [0.717, 1.165) is 18.9 Å². The van der Waals surface area contributed by atoms with Crippen LogP contribution in [0.1, 0.15) is 26.7 Å². The largest absolute Gasteiger partial charge is 0.302 e. The van der Waals surface area contributed by atoms with Crippen LogP contribution in [0.2, 0.25) is 0 Å². The molecule has 1 aromatic rings. The smallest absolute Gasteiger partial charge is 0.254 e. The number of anilines is 1. The molecule has 102 valence electrons. The molecule has 0 bridgehead atoms. The van der Waals surface area contributed by atoms with Crippen LogP contribution in [0.5, 0.6) is 0 Å². The monoisotopic (exact) mass is 275 g/mol. The Morgan fingerprint density at radius 2 is 1.89 bits per heavy atom. The Kier molecular flexibility index (Phi) is 5.49. The Hall–Kier alpha value is -1.21. The first kappa shape index (κ1) is 14.8. The van der Waals surface area contributed by atoms with Crippen molar-refractivity contribution in [2.24, 2.45) is 0 Å². The second-order valence-corrected chi connectivity index (χ2v) is 5.52. The van der Waals surface area contributed by atoms with Crippen LogP contribution in [-0.2, 0) is 10.2 Å². The van der Waals surface area contributed by atoms with Crippen LogP contribution in [0, 0.1) is 5.95 Å². The van der Waals surface area contributed by atoms with E-state index in [1.54, 1.807) is 0 Å². The Morgan fingerprint density at radius 3 is 2.39 bits per heavy atom. The maximum atomic E-state index is 12.9. The summed E-state index contributed by atoms with van der Waals surface area (Å²) in [6.07, 6.45) is 1.44. The molecule has 0 amide bonds. The molecule has 1 heterocycles. The average molecular weight is 275 g/mol. The molecule has 1 N–H and O–H groups in total. The minimum absolute atomic E-state index is 0.00722. The van der Waals surface area contributed by atoms with E-state index in [9.17, 15) is 12.8 Å². The summed E-state index contributed by atoms with van der Waals surface area (Å²) in [5.41, 5.74) is 0. The van der Waals surface area contributed by atoms with Gasteiger partial charge in [0.1, 0.15) is 5.82 Å². The molecule has 1 aromatic heterocycles.